The molecule has 0 spiro atoms. The fourth-order valence-corrected chi connectivity index (χ4v) is 14.2. The van der Waals surface area contributed by atoms with E-state index in [0.717, 1.165) is 6.54 Å². The fourth-order valence-electron chi connectivity index (χ4n) is 13.0. The second kappa shape index (κ2) is 32.9. The highest BCUT2D eigenvalue weighted by atomic mass is 32.2. The van der Waals surface area contributed by atoms with Crippen LogP contribution in [-0.4, -0.2) is 204 Å². The van der Waals surface area contributed by atoms with Crippen LogP contribution in [0.4, 0.5) is 4.79 Å². The Balaban J connectivity index is 1.72. The first-order valence-electron chi connectivity index (χ1n) is 32.0. The van der Waals surface area contributed by atoms with Gasteiger partial charge in [0, 0.05) is 76.9 Å². The van der Waals surface area contributed by atoms with E-state index in [9.17, 15) is 28.2 Å². The van der Waals surface area contributed by atoms with E-state index in [1.165, 1.54) is 40.4 Å². The molecule has 25 heteroatoms. The quantitative estimate of drug-likeness (QED) is 0.0538. The molecular weight excluding hydrogens is 1190 g/mol. The maximum Gasteiger partial charge on any atom is 0.408 e. The molecule has 0 bridgehead atoms. The number of esters is 2. The highest BCUT2D eigenvalue weighted by Crippen LogP contribution is 2.41. The Hall–Kier alpha value is -3.96. The summed E-state index contributed by atoms with van der Waals surface area (Å²) in [6.45, 7) is 33.7. The van der Waals surface area contributed by atoms with Crippen molar-refractivity contribution in [2.45, 2.75) is 258 Å². The molecule has 516 valence electrons. The molecule has 0 aliphatic carbocycles. The van der Waals surface area contributed by atoms with E-state index in [-0.39, 0.29) is 66.5 Å². The van der Waals surface area contributed by atoms with Crippen LogP contribution in [0.2, 0.25) is 0 Å². The number of nitrogens with zero attached hydrogens (tertiary/aromatic N) is 2. The topological polar surface area (TPSA) is 293 Å². The standard InChI is InChI=1S/C65H110N4O20S/c1-35(2)27-48(70)85-54-42(9)53(37(4)32-81-61-57(79-20)56(78-19)50(71)45(12)84-61)87-59(74)44(11)55(86-49-28-38(5)69(31-40(7)82-49)34-63(13,14)15)41(8)52(88-60-51(72)47(68-80-21)29-39(6)83-60)36(3)30-65(18,58(73)43(54)10)89-62(75)67-64(16,17)33-66-90(76,77)46-25-23-22-24-26-46/h22-26,35-45,49-57,60-61,66,71-72H,27-34H2,1-21H3,(H,67,75)/b68-47+/t36-,37-,38?,39+,40-,41+,42-,43+,44+,45+,49-,50+,51+,52-,53+,54+,55-,56+,57+,60-,61+,65-/m0/s1. The molecule has 4 aliphatic heterocycles. The number of alkyl carbamates (subject to hydrolysis) is 1. The maximum atomic E-state index is 16.1. The number of benzene rings is 1. The van der Waals surface area contributed by atoms with Gasteiger partial charge in [-0.3, -0.25) is 19.3 Å². The summed E-state index contributed by atoms with van der Waals surface area (Å²) in [5.74, 6) is -8.14. The predicted octanol–water partition coefficient (Wildman–Crippen LogP) is 7.18. The number of oxime groups is 1. The Bertz CT molecular complexity index is 2610. The van der Waals surface area contributed by atoms with Crippen LogP contribution in [-0.2, 0) is 81.3 Å². The van der Waals surface area contributed by atoms with Crippen LogP contribution >= 0.6 is 0 Å². The molecule has 0 saturated carbocycles. The molecule has 5 rings (SSSR count). The Morgan fingerprint density at radius 2 is 1.46 bits per heavy atom. The monoisotopic (exact) mass is 1300 g/mol. The first-order chi connectivity index (χ1) is 41.9. The minimum atomic E-state index is -4.04. The van der Waals surface area contributed by atoms with Gasteiger partial charge in [-0.1, -0.05) is 92.6 Å². The van der Waals surface area contributed by atoms with Crippen LogP contribution in [0.25, 0.3) is 0 Å². The van der Waals surface area contributed by atoms with Gasteiger partial charge in [0.15, 0.2) is 30.3 Å². The predicted molar refractivity (Wildman–Crippen MR) is 334 cm³/mol. The van der Waals surface area contributed by atoms with Crippen molar-refractivity contribution >= 4 is 39.6 Å². The highest BCUT2D eigenvalue weighted by molar-refractivity contribution is 7.89. The summed E-state index contributed by atoms with van der Waals surface area (Å²) >= 11 is 0. The number of methoxy groups -OCH3 is 2. The fraction of sp³-hybridized carbons (Fsp3) is 0.831. The van der Waals surface area contributed by atoms with E-state index < -0.39 is 160 Å². The van der Waals surface area contributed by atoms with Crippen LogP contribution in [0.3, 0.4) is 0 Å². The lowest BCUT2D eigenvalue weighted by atomic mass is 9.74. The Morgan fingerprint density at radius 1 is 0.811 bits per heavy atom. The lowest BCUT2D eigenvalue weighted by Crippen LogP contribution is -2.59. The molecule has 24 nitrogen and oxygen atoms in total. The molecule has 1 aromatic carbocycles. The summed E-state index contributed by atoms with van der Waals surface area (Å²) in [7, 11) is 0.209. The number of hydrogen-bond donors (Lipinski definition) is 4. The zero-order valence-corrected chi connectivity index (χ0v) is 58.1. The number of carbonyl (C=O) groups excluding carboxylic acids is 4. The summed E-state index contributed by atoms with van der Waals surface area (Å²) in [4.78, 5) is 68.2. The number of hydrogen-bond acceptors (Lipinski definition) is 22. The number of rotatable bonds is 21. The van der Waals surface area contributed by atoms with Gasteiger partial charge in [-0.2, -0.15) is 0 Å². The van der Waals surface area contributed by atoms with Crippen molar-refractivity contribution in [2.75, 3.05) is 47.6 Å². The molecule has 1 aromatic rings. The smallest absolute Gasteiger partial charge is 0.408 e. The Kier molecular flexibility index (Phi) is 28.1. The lowest BCUT2D eigenvalue weighted by molar-refractivity contribution is -0.305. The van der Waals surface area contributed by atoms with Crippen molar-refractivity contribution in [1.29, 1.82) is 0 Å². The lowest BCUT2D eigenvalue weighted by Gasteiger charge is -2.45. The average Bonchev–Trinajstić information content (AvgIpc) is 0.859. The third kappa shape index (κ3) is 20.8. The molecule has 4 fully saturated rings. The Morgan fingerprint density at radius 3 is 2.06 bits per heavy atom. The third-order valence-electron chi connectivity index (χ3n) is 17.6. The van der Waals surface area contributed by atoms with Crippen molar-refractivity contribution in [3.05, 3.63) is 30.3 Å². The van der Waals surface area contributed by atoms with Crippen LogP contribution < -0.4 is 10.0 Å². The number of aliphatic hydroxyl groups is 2. The summed E-state index contributed by atoms with van der Waals surface area (Å²) in [5.41, 5.74) is -3.25. The van der Waals surface area contributed by atoms with Gasteiger partial charge in [0.05, 0.1) is 65.1 Å². The number of aliphatic hydroxyl groups excluding tert-OH is 2. The molecule has 4 N–H and O–H groups in total. The summed E-state index contributed by atoms with van der Waals surface area (Å²) in [6, 6.07) is 7.70. The van der Waals surface area contributed by atoms with Crippen LogP contribution in [0, 0.1) is 46.8 Å². The molecule has 0 radical (unpaired) electrons. The molecule has 4 aliphatic rings. The second-order valence-corrected chi connectivity index (χ2v) is 30.1. The minimum Gasteiger partial charge on any atom is -0.461 e. The third-order valence-corrected chi connectivity index (χ3v) is 19.0. The number of nitrogens with one attached hydrogen (secondary N) is 2. The molecule has 22 atom stereocenters. The average molecular weight is 1300 g/mol. The van der Waals surface area contributed by atoms with E-state index in [1.807, 2.05) is 27.7 Å². The molecule has 4 heterocycles. The normalized spacial score (nSPS) is 36.7. The van der Waals surface area contributed by atoms with E-state index in [1.54, 1.807) is 80.5 Å². The van der Waals surface area contributed by atoms with E-state index >= 15 is 9.59 Å². The van der Waals surface area contributed by atoms with Crippen molar-refractivity contribution in [1.82, 2.24) is 14.9 Å². The number of ether oxygens (including phenoxy) is 11. The van der Waals surface area contributed by atoms with Gasteiger partial charge in [0.25, 0.3) is 0 Å². The summed E-state index contributed by atoms with van der Waals surface area (Å²) < 4.78 is 101. The number of ketones is 1. The zero-order chi connectivity index (χ0) is 67.5. The largest absolute Gasteiger partial charge is 0.461 e. The van der Waals surface area contributed by atoms with Gasteiger partial charge in [-0.15, -0.1) is 0 Å². The minimum absolute atomic E-state index is 0.0130. The molecule has 4 saturated heterocycles. The van der Waals surface area contributed by atoms with E-state index in [2.05, 4.69) is 47.8 Å². The highest BCUT2D eigenvalue weighted by Gasteiger charge is 2.53. The first-order valence-corrected chi connectivity index (χ1v) is 33.5. The number of cyclic esters (lactones) is 1. The molecule has 0 aromatic heterocycles. The van der Waals surface area contributed by atoms with Crippen LogP contribution in [0.15, 0.2) is 40.4 Å². The number of sulfonamides is 1. The van der Waals surface area contributed by atoms with Gasteiger partial charge in [0.1, 0.15) is 43.7 Å². The van der Waals surface area contributed by atoms with Gasteiger partial charge in [0.2, 0.25) is 10.0 Å². The zero-order valence-electron chi connectivity index (χ0n) is 57.3. The van der Waals surface area contributed by atoms with Crippen molar-refractivity contribution in [3.8, 4) is 0 Å². The van der Waals surface area contributed by atoms with Gasteiger partial charge < -0.3 is 72.5 Å². The van der Waals surface area contributed by atoms with Crippen LogP contribution in [0.5, 0.6) is 0 Å². The maximum absolute atomic E-state index is 16.1. The van der Waals surface area contributed by atoms with Crippen LogP contribution in [0.1, 0.15) is 150 Å². The number of carbonyl (C=O) groups is 4. The van der Waals surface area contributed by atoms with Gasteiger partial charge in [-0.25, -0.2) is 17.9 Å². The number of Topliss-reactive ketones (excluding diaryl/α,β-unsaturated/α-hetero) is 1. The summed E-state index contributed by atoms with van der Waals surface area (Å²) in [6.07, 6.45) is -14.8. The summed E-state index contributed by atoms with van der Waals surface area (Å²) in [5, 5.41) is 29.9. The number of amides is 1. The second-order valence-electron chi connectivity index (χ2n) is 28.4. The van der Waals surface area contributed by atoms with Crippen molar-refractivity contribution in [3.63, 3.8) is 0 Å². The van der Waals surface area contributed by atoms with Crippen molar-refractivity contribution in [2.24, 2.45) is 52.0 Å². The van der Waals surface area contributed by atoms with E-state index in [4.69, 9.17) is 56.9 Å². The molecule has 1 unspecified atom stereocenters. The Labute approximate surface area is 535 Å². The SMILES string of the molecule is CO/N=C1\C[C@@H](C)O[C@@H](O[C@@H]2[C@@H](C)[C@H](O[C@H]3CC(C)N(CC(C)(C)C)C[C@H](C)O3)[C@@H](C)C(=O)O[C@H]([C@@H](C)CO[C@@H]3O[C@H](C)[C@@H](O)[C@@H](OC)[C@H]3OC)[C@H](C)[C@@H](OC(=O)CC(C)C)[C@@H](C)C(=O)[C@@](C)(OC(=O)NC(C)(C)CNS(=O)(=O)c3ccccc3)C[C@@H]2C)[C@@H]1O. The van der Waals surface area contributed by atoms with Gasteiger partial charge in [-0.05, 0) is 91.2 Å². The molecule has 1 amide bonds. The molecule has 90 heavy (non-hydrogen) atoms. The van der Waals surface area contributed by atoms with Gasteiger partial charge >= 0.3 is 18.0 Å². The van der Waals surface area contributed by atoms with Crippen molar-refractivity contribution < 1.29 is 94.8 Å². The first kappa shape index (κ1) is 76.7. The molecular formula is C65H110N4O20S. The van der Waals surface area contributed by atoms with E-state index in [0.29, 0.717) is 13.0 Å².